The van der Waals surface area contributed by atoms with Gasteiger partial charge in [-0.25, -0.2) is 13.1 Å². The van der Waals surface area contributed by atoms with Crippen molar-refractivity contribution in [2.24, 2.45) is 0 Å². The van der Waals surface area contributed by atoms with Gasteiger partial charge >= 0.3 is 0 Å². The molecule has 1 heterocycles. The van der Waals surface area contributed by atoms with Crippen molar-refractivity contribution in [2.45, 2.75) is 10.9 Å². The third kappa shape index (κ3) is 2.28. The fourth-order valence-electron chi connectivity index (χ4n) is 1.24. The van der Waals surface area contributed by atoms with Gasteiger partial charge in [-0.1, -0.05) is 0 Å². The average Bonchev–Trinajstić information content (AvgIpc) is 2.13. The number of nitrogen functional groups attached to an aromatic ring is 1. The first kappa shape index (κ1) is 10.4. The Labute approximate surface area is 88.3 Å². The summed E-state index contributed by atoms with van der Waals surface area (Å²) >= 11 is 0. The van der Waals surface area contributed by atoms with Crippen LogP contribution < -0.4 is 10.5 Å². The molecule has 2 rings (SSSR count). The van der Waals surface area contributed by atoms with Gasteiger partial charge in [0.15, 0.2) is 0 Å². The summed E-state index contributed by atoms with van der Waals surface area (Å²) in [5.41, 5.74) is 6.02. The Morgan fingerprint density at radius 3 is 2.33 bits per heavy atom. The van der Waals surface area contributed by atoms with Crippen LogP contribution >= 0.6 is 0 Å². The number of nitrogens with two attached hydrogens (primary N) is 1. The number of nitrogens with one attached hydrogen (secondary N) is 1. The molecular weight excluding hydrogens is 216 g/mol. The van der Waals surface area contributed by atoms with E-state index in [-0.39, 0.29) is 10.9 Å². The molecule has 0 atom stereocenters. The largest absolute Gasteiger partial charge is 0.399 e. The number of hydrogen-bond donors (Lipinski definition) is 2. The number of anilines is 1. The minimum absolute atomic E-state index is 0.104. The Morgan fingerprint density at radius 2 is 1.87 bits per heavy atom. The van der Waals surface area contributed by atoms with Gasteiger partial charge in [-0.15, -0.1) is 0 Å². The lowest BCUT2D eigenvalue weighted by Gasteiger charge is -2.26. The summed E-state index contributed by atoms with van der Waals surface area (Å²) in [6, 6.07) is 5.99. The van der Waals surface area contributed by atoms with E-state index in [2.05, 4.69) is 4.72 Å². The van der Waals surface area contributed by atoms with Gasteiger partial charge in [-0.2, -0.15) is 0 Å². The zero-order chi connectivity index (χ0) is 10.9. The first-order valence-corrected chi connectivity index (χ1v) is 6.02. The van der Waals surface area contributed by atoms with E-state index in [1.54, 1.807) is 12.1 Å². The Bertz CT molecular complexity index is 437. The third-order valence-electron chi connectivity index (χ3n) is 2.15. The lowest BCUT2D eigenvalue weighted by molar-refractivity contribution is 0.00482. The molecule has 1 saturated heterocycles. The molecule has 1 aromatic rings. The molecule has 1 aliphatic rings. The van der Waals surface area contributed by atoms with Crippen LogP contribution in [0.3, 0.4) is 0 Å². The van der Waals surface area contributed by atoms with Gasteiger partial charge in [0.05, 0.1) is 24.2 Å². The second-order valence-electron chi connectivity index (χ2n) is 3.42. The molecule has 3 N–H and O–H groups in total. The molecule has 0 saturated carbocycles. The van der Waals surface area contributed by atoms with Crippen molar-refractivity contribution in [3.05, 3.63) is 24.3 Å². The summed E-state index contributed by atoms with van der Waals surface area (Å²) in [5.74, 6) is 0. The molecule has 0 aromatic heterocycles. The standard InChI is InChI=1S/C9H12N2O3S/c10-7-1-3-9(4-2-7)15(12,13)11-8-5-14-6-8/h1-4,8,11H,5-6,10H2. The van der Waals surface area contributed by atoms with Crippen molar-refractivity contribution in [1.82, 2.24) is 4.72 Å². The molecule has 0 bridgehead atoms. The summed E-state index contributed by atoms with van der Waals surface area (Å²) < 4.78 is 30.9. The van der Waals surface area contributed by atoms with E-state index >= 15 is 0 Å². The van der Waals surface area contributed by atoms with E-state index in [1.165, 1.54) is 12.1 Å². The van der Waals surface area contributed by atoms with E-state index in [0.717, 1.165) is 0 Å². The molecule has 82 valence electrons. The van der Waals surface area contributed by atoms with Crippen LogP contribution in [0.2, 0.25) is 0 Å². The van der Waals surface area contributed by atoms with Crippen LogP contribution in [-0.2, 0) is 14.8 Å². The highest BCUT2D eigenvalue weighted by Crippen LogP contribution is 2.13. The molecule has 1 aromatic carbocycles. The first-order valence-electron chi connectivity index (χ1n) is 4.53. The molecule has 0 radical (unpaired) electrons. The number of ether oxygens (including phenoxy) is 1. The molecule has 1 fully saturated rings. The number of rotatable bonds is 3. The van der Waals surface area contributed by atoms with Crippen LogP contribution in [0.15, 0.2) is 29.2 Å². The van der Waals surface area contributed by atoms with Crippen molar-refractivity contribution in [3.63, 3.8) is 0 Å². The minimum Gasteiger partial charge on any atom is -0.399 e. The lowest BCUT2D eigenvalue weighted by atomic mass is 10.3. The Kier molecular flexibility index (Phi) is 2.64. The summed E-state index contributed by atoms with van der Waals surface area (Å²) in [7, 11) is -3.42. The second kappa shape index (κ2) is 3.80. The van der Waals surface area contributed by atoms with Crippen LogP contribution in [0.25, 0.3) is 0 Å². The number of sulfonamides is 1. The van der Waals surface area contributed by atoms with Crippen LogP contribution in [-0.4, -0.2) is 27.7 Å². The monoisotopic (exact) mass is 228 g/mol. The maximum Gasteiger partial charge on any atom is 0.240 e. The number of benzene rings is 1. The van der Waals surface area contributed by atoms with E-state index < -0.39 is 10.0 Å². The zero-order valence-corrected chi connectivity index (χ0v) is 8.83. The smallest absolute Gasteiger partial charge is 0.240 e. The molecule has 0 aliphatic carbocycles. The fourth-order valence-corrected chi connectivity index (χ4v) is 2.44. The van der Waals surface area contributed by atoms with Gasteiger partial charge in [0.1, 0.15) is 0 Å². The van der Waals surface area contributed by atoms with Gasteiger partial charge in [-0.3, -0.25) is 0 Å². The third-order valence-corrected chi connectivity index (χ3v) is 3.69. The fraction of sp³-hybridized carbons (Fsp3) is 0.333. The van der Waals surface area contributed by atoms with E-state index in [0.29, 0.717) is 18.9 Å². The van der Waals surface area contributed by atoms with Gasteiger partial charge in [0, 0.05) is 5.69 Å². The maximum atomic E-state index is 11.7. The van der Waals surface area contributed by atoms with Crippen molar-refractivity contribution in [2.75, 3.05) is 18.9 Å². The van der Waals surface area contributed by atoms with Crippen LogP contribution in [0.4, 0.5) is 5.69 Å². The molecule has 6 heteroatoms. The van der Waals surface area contributed by atoms with E-state index in [4.69, 9.17) is 10.5 Å². The molecule has 0 spiro atoms. The molecule has 5 nitrogen and oxygen atoms in total. The molecule has 1 aliphatic heterocycles. The normalized spacial score (nSPS) is 17.3. The SMILES string of the molecule is Nc1ccc(S(=O)(=O)NC2COC2)cc1. The molecule has 15 heavy (non-hydrogen) atoms. The predicted octanol–water partition coefficient (Wildman–Crippen LogP) is -0.0541. The highest BCUT2D eigenvalue weighted by atomic mass is 32.2. The minimum atomic E-state index is -3.42. The van der Waals surface area contributed by atoms with E-state index in [1.807, 2.05) is 0 Å². The Balaban J connectivity index is 2.17. The topological polar surface area (TPSA) is 81.4 Å². The van der Waals surface area contributed by atoms with Crippen molar-refractivity contribution in [1.29, 1.82) is 0 Å². The second-order valence-corrected chi connectivity index (χ2v) is 5.14. The van der Waals surface area contributed by atoms with Crippen LogP contribution in [0, 0.1) is 0 Å². The van der Waals surface area contributed by atoms with Crippen molar-refractivity contribution < 1.29 is 13.2 Å². The van der Waals surface area contributed by atoms with Crippen molar-refractivity contribution in [3.8, 4) is 0 Å². The summed E-state index contributed by atoms with van der Waals surface area (Å²) in [4.78, 5) is 0.226. The maximum absolute atomic E-state index is 11.7. The molecule has 0 unspecified atom stereocenters. The average molecular weight is 228 g/mol. The first-order chi connectivity index (χ1) is 7.08. The lowest BCUT2D eigenvalue weighted by Crippen LogP contribution is -2.48. The number of hydrogen-bond acceptors (Lipinski definition) is 4. The zero-order valence-electron chi connectivity index (χ0n) is 8.01. The van der Waals surface area contributed by atoms with Crippen molar-refractivity contribution >= 4 is 15.7 Å². The van der Waals surface area contributed by atoms with Gasteiger partial charge in [-0.05, 0) is 24.3 Å². The quantitative estimate of drug-likeness (QED) is 0.710. The van der Waals surface area contributed by atoms with Gasteiger partial charge < -0.3 is 10.5 Å². The Morgan fingerprint density at radius 1 is 1.27 bits per heavy atom. The molecular formula is C9H12N2O3S. The van der Waals surface area contributed by atoms with Gasteiger partial charge in [0.25, 0.3) is 0 Å². The predicted molar refractivity (Wildman–Crippen MR) is 55.8 cm³/mol. The summed E-state index contributed by atoms with van der Waals surface area (Å²) in [6.07, 6.45) is 0. The summed E-state index contributed by atoms with van der Waals surface area (Å²) in [5, 5.41) is 0. The van der Waals surface area contributed by atoms with Crippen LogP contribution in [0.1, 0.15) is 0 Å². The van der Waals surface area contributed by atoms with Gasteiger partial charge in [0.2, 0.25) is 10.0 Å². The van der Waals surface area contributed by atoms with Crippen LogP contribution in [0.5, 0.6) is 0 Å². The highest BCUT2D eigenvalue weighted by molar-refractivity contribution is 7.89. The molecule has 0 amide bonds. The Hall–Kier alpha value is -1.11. The highest BCUT2D eigenvalue weighted by Gasteiger charge is 2.25. The van der Waals surface area contributed by atoms with E-state index in [9.17, 15) is 8.42 Å². The summed E-state index contributed by atoms with van der Waals surface area (Å²) in [6.45, 7) is 0.877.